The summed E-state index contributed by atoms with van der Waals surface area (Å²) < 4.78 is 32.3. The summed E-state index contributed by atoms with van der Waals surface area (Å²) in [4.78, 5) is 11.3. The van der Waals surface area contributed by atoms with Crippen molar-refractivity contribution in [2.24, 2.45) is 0 Å². The second kappa shape index (κ2) is 7.91. The van der Waals surface area contributed by atoms with Crippen molar-refractivity contribution < 1.29 is 17.9 Å². The van der Waals surface area contributed by atoms with E-state index in [1.54, 1.807) is 0 Å². The van der Waals surface area contributed by atoms with Gasteiger partial charge >= 0.3 is 5.97 Å². The lowest BCUT2D eigenvalue weighted by Crippen LogP contribution is -2.46. The highest BCUT2D eigenvalue weighted by molar-refractivity contribution is 7.89. The molecule has 1 atom stereocenters. The first-order valence-corrected chi connectivity index (χ1v) is 8.18. The number of piperidine rings is 1. The third kappa shape index (κ3) is 4.19. The van der Waals surface area contributed by atoms with E-state index in [1.165, 1.54) is 28.5 Å². The minimum atomic E-state index is -3.57. The fourth-order valence-electron chi connectivity index (χ4n) is 2.31. The summed E-state index contributed by atoms with van der Waals surface area (Å²) in [5.74, 6) is -0.477. The molecule has 0 amide bonds. The van der Waals surface area contributed by atoms with Gasteiger partial charge in [0.25, 0.3) is 0 Å². The molecule has 0 radical (unpaired) electrons. The van der Waals surface area contributed by atoms with Crippen molar-refractivity contribution in [1.29, 1.82) is 0 Å². The zero-order valence-electron chi connectivity index (χ0n) is 12.6. The number of methoxy groups -OCH3 is 1. The van der Waals surface area contributed by atoms with Gasteiger partial charge in [-0.15, -0.1) is 12.4 Å². The Balaban J connectivity index is 0.00000242. The van der Waals surface area contributed by atoms with Crippen molar-refractivity contribution >= 4 is 28.4 Å². The highest BCUT2D eigenvalue weighted by Gasteiger charge is 2.30. The molecule has 2 heterocycles. The Morgan fingerprint density at radius 2 is 2.27 bits per heavy atom. The molecule has 126 valence electrons. The predicted octanol–water partition coefficient (Wildman–Crippen LogP) is -0.150. The van der Waals surface area contributed by atoms with Crippen LogP contribution in [0.2, 0.25) is 0 Å². The minimum absolute atomic E-state index is 0. The predicted molar refractivity (Wildman–Crippen MR) is 82.3 cm³/mol. The molecule has 1 aliphatic rings. The molecule has 1 fully saturated rings. The molecule has 8 nitrogen and oxygen atoms in total. The Bertz CT molecular complexity index is 604. The Morgan fingerprint density at radius 3 is 2.91 bits per heavy atom. The first kappa shape index (κ1) is 18.9. The molecule has 0 bridgehead atoms. The summed E-state index contributed by atoms with van der Waals surface area (Å²) in [5.41, 5.74) is 0. The van der Waals surface area contributed by atoms with E-state index in [-0.39, 0.29) is 29.9 Å². The van der Waals surface area contributed by atoms with Gasteiger partial charge in [-0.25, -0.2) is 8.42 Å². The smallest absolute Gasteiger partial charge is 0.327 e. The van der Waals surface area contributed by atoms with Crippen LogP contribution in [-0.2, 0) is 26.1 Å². The van der Waals surface area contributed by atoms with Gasteiger partial charge in [0, 0.05) is 25.3 Å². The second-order valence-electron chi connectivity index (χ2n) is 4.94. The number of hydrogen-bond acceptors (Lipinski definition) is 6. The number of esters is 1. The molecule has 0 saturated carbocycles. The van der Waals surface area contributed by atoms with E-state index in [9.17, 15) is 13.2 Å². The van der Waals surface area contributed by atoms with Gasteiger partial charge in [0.1, 0.15) is 11.4 Å². The third-order valence-electron chi connectivity index (χ3n) is 3.56. The number of sulfonamides is 1. The summed E-state index contributed by atoms with van der Waals surface area (Å²) in [6.07, 6.45) is 4.40. The molecular formula is C12H21ClN4O4S. The van der Waals surface area contributed by atoms with Crippen molar-refractivity contribution in [1.82, 2.24) is 19.4 Å². The molecular weight excluding hydrogens is 332 g/mol. The normalized spacial score (nSPS) is 19.5. The lowest BCUT2D eigenvalue weighted by molar-refractivity contribution is -0.141. The van der Waals surface area contributed by atoms with Crippen molar-refractivity contribution in [3.05, 3.63) is 12.4 Å². The summed E-state index contributed by atoms with van der Waals surface area (Å²) in [7, 11) is -0.467. The molecule has 10 heteroatoms. The van der Waals surface area contributed by atoms with Crippen molar-refractivity contribution in [2.75, 3.05) is 27.2 Å². The van der Waals surface area contributed by atoms with E-state index in [0.717, 1.165) is 12.8 Å². The lowest BCUT2D eigenvalue weighted by Gasteiger charge is -2.31. The van der Waals surface area contributed by atoms with E-state index in [2.05, 4.69) is 15.2 Å². The van der Waals surface area contributed by atoms with Gasteiger partial charge in [-0.1, -0.05) is 0 Å². The van der Waals surface area contributed by atoms with Crippen LogP contribution in [0.15, 0.2) is 17.3 Å². The number of halogens is 1. The fraction of sp³-hybridized carbons (Fsp3) is 0.667. The van der Waals surface area contributed by atoms with Crippen LogP contribution >= 0.6 is 12.4 Å². The topological polar surface area (TPSA) is 93.5 Å². The number of nitrogens with zero attached hydrogens (tertiary/aromatic N) is 3. The van der Waals surface area contributed by atoms with E-state index in [1.807, 2.05) is 7.05 Å². The Hall–Kier alpha value is -1.16. The van der Waals surface area contributed by atoms with Gasteiger partial charge in [0.15, 0.2) is 0 Å². The second-order valence-corrected chi connectivity index (χ2v) is 6.88. The molecule has 2 rings (SSSR count). The van der Waals surface area contributed by atoms with Crippen molar-refractivity contribution in [3.8, 4) is 0 Å². The molecule has 1 aliphatic heterocycles. The summed E-state index contributed by atoms with van der Waals surface area (Å²) >= 11 is 0. The lowest BCUT2D eigenvalue weighted by atomic mass is 10.1. The number of ether oxygens (including phenoxy) is 1. The largest absolute Gasteiger partial charge is 0.468 e. The quantitative estimate of drug-likeness (QED) is 0.741. The number of aromatic nitrogens is 2. The van der Waals surface area contributed by atoms with E-state index >= 15 is 0 Å². The molecule has 22 heavy (non-hydrogen) atoms. The van der Waals surface area contributed by atoms with Crippen LogP contribution in [0.1, 0.15) is 12.8 Å². The van der Waals surface area contributed by atoms with Crippen LogP contribution in [0, 0.1) is 0 Å². The first-order chi connectivity index (χ1) is 9.97. The van der Waals surface area contributed by atoms with Gasteiger partial charge in [-0.3, -0.25) is 9.48 Å². The number of carbonyl (C=O) groups excluding carboxylic acids is 1. The highest BCUT2D eigenvalue weighted by Crippen LogP contribution is 2.20. The van der Waals surface area contributed by atoms with Crippen LogP contribution < -0.4 is 5.32 Å². The minimum Gasteiger partial charge on any atom is -0.468 e. The molecule has 1 saturated heterocycles. The van der Waals surface area contributed by atoms with Gasteiger partial charge < -0.3 is 10.1 Å². The van der Waals surface area contributed by atoms with Crippen LogP contribution in [0.25, 0.3) is 0 Å². The zero-order valence-corrected chi connectivity index (χ0v) is 14.2. The first-order valence-electron chi connectivity index (χ1n) is 6.74. The molecule has 0 spiro atoms. The van der Waals surface area contributed by atoms with Crippen molar-refractivity contribution in [2.45, 2.75) is 30.3 Å². The summed E-state index contributed by atoms with van der Waals surface area (Å²) in [6.45, 7) is 0.842. The summed E-state index contributed by atoms with van der Waals surface area (Å²) in [5, 5.41) is 7.01. The number of nitrogens with one attached hydrogen (secondary N) is 1. The standard InChI is InChI=1S/C12H20N4O4S.ClH/c1-13-10-4-3-5-16(7-10)21(18,19)11-6-14-15(8-11)9-12(17)20-2;/h6,8,10,13H,3-5,7,9H2,1-2H3;1H. The monoisotopic (exact) mass is 352 g/mol. The maximum absolute atomic E-state index is 12.5. The van der Waals surface area contributed by atoms with Gasteiger partial charge in [0.2, 0.25) is 10.0 Å². The Labute approximate surface area is 136 Å². The number of likely N-dealkylation sites (N-methyl/N-ethyl adjacent to an activating group) is 1. The van der Waals surface area contributed by atoms with Gasteiger partial charge in [-0.2, -0.15) is 9.40 Å². The average Bonchev–Trinajstić information content (AvgIpc) is 2.96. The van der Waals surface area contributed by atoms with Crippen LogP contribution in [0.3, 0.4) is 0 Å². The van der Waals surface area contributed by atoms with E-state index < -0.39 is 16.0 Å². The molecule has 1 aromatic heterocycles. The van der Waals surface area contributed by atoms with E-state index in [0.29, 0.717) is 13.1 Å². The zero-order chi connectivity index (χ0) is 15.5. The van der Waals surface area contributed by atoms with Crippen LogP contribution in [0.5, 0.6) is 0 Å². The maximum atomic E-state index is 12.5. The third-order valence-corrected chi connectivity index (χ3v) is 5.38. The SMILES string of the molecule is CNC1CCCN(S(=O)(=O)c2cnn(CC(=O)OC)c2)C1.Cl. The Morgan fingerprint density at radius 1 is 1.55 bits per heavy atom. The average molecular weight is 353 g/mol. The van der Waals surface area contributed by atoms with Crippen LogP contribution in [0.4, 0.5) is 0 Å². The molecule has 1 unspecified atom stereocenters. The van der Waals surface area contributed by atoms with Gasteiger partial charge in [-0.05, 0) is 19.9 Å². The Kier molecular flexibility index (Phi) is 6.79. The van der Waals surface area contributed by atoms with Gasteiger partial charge in [0.05, 0.1) is 13.3 Å². The maximum Gasteiger partial charge on any atom is 0.327 e. The number of carbonyl (C=O) groups is 1. The fourth-order valence-corrected chi connectivity index (χ4v) is 3.79. The number of hydrogen-bond donors (Lipinski definition) is 1. The van der Waals surface area contributed by atoms with Crippen LogP contribution in [-0.4, -0.2) is 61.8 Å². The van der Waals surface area contributed by atoms with Crippen molar-refractivity contribution in [3.63, 3.8) is 0 Å². The van der Waals surface area contributed by atoms with E-state index in [4.69, 9.17) is 0 Å². The molecule has 0 aromatic carbocycles. The molecule has 1 N–H and O–H groups in total. The molecule has 1 aromatic rings. The number of rotatable bonds is 5. The molecule has 0 aliphatic carbocycles. The summed E-state index contributed by atoms with van der Waals surface area (Å²) in [6, 6.07) is 0.165. The highest BCUT2D eigenvalue weighted by atomic mass is 35.5.